The van der Waals surface area contributed by atoms with E-state index in [4.69, 9.17) is 40.5 Å². The second-order valence-electron chi connectivity index (χ2n) is 5.37. The summed E-state index contributed by atoms with van der Waals surface area (Å²) in [6, 6.07) is 11.8. The number of nitrogens with two attached hydrogens (primary N) is 1. The van der Waals surface area contributed by atoms with Gasteiger partial charge in [0.15, 0.2) is 5.78 Å². The van der Waals surface area contributed by atoms with Crippen LogP contribution in [0.1, 0.15) is 16.8 Å². The SMILES string of the molecule is CN(c1ccc(Cl)cc1)C(N)C(O)CC(=O)c1cccc(Cl)c1Cl. The molecule has 0 aliphatic rings. The van der Waals surface area contributed by atoms with Gasteiger partial charge in [-0.2, -0.15) is 0 Å². The number of Topliss-reactive ketones (excluding diaryl/α,β-unsaturated/α-hetero) is 1. The third kappa shape index (κ3) is 4.41. The fourth-order valence-electron chi connectivity index (χ4n) is 2.25. The first-order chi connectivity index (χ1) is 11.3. The molecule has 0 amide bonds. The summed E-state index contributed by atoms with van der Waals surface area (Å²) < 4.78 is 0. The first-order valence-electron chi connectivity index (χ1n) is 7.20. The van der Waals surface area contributed by atoms with E-state index in [9.17, 15) is 9.90 Å². The molecule has 0 saturated heterocycles. The van der Waals surface area contributed by atoms with Gasteiger partial charge in [-0.15, -0.1) is 0 Å². The second-order valence-corrected chi connectivity index (χ2v) is 6.60. The van der Waals surface area contributed by atoms with Gasteiger partial charge in [0.2, 0.25) is 0 Å². The van der Waals surface area contributed by atoms with E-state index in [-0.39, 0.29) is 22.8 Å². The number of hydrogen-bond donors (Lipinski definition) is 2. The van der Waals surface area contributed by atoms with E-state index in [1.54, 1.807) is 54.4 Å². The van der Waals surface area contributed by atoms with Crippen molar-refractivity contribution in [3.8, 4) is 0 Å². The molecule has 7 heteroatoms. The van der Waals surface area contributed by atoms with Gasteiger partial charge < -0.3 is 15.7 Å². The van der Waals surface area contributed by atoms with Crippen LogP contribution in [0, 0.1) is 0 Å². The molecule has 24 heavy (non-hydrogen) atoms. The van der Waals surface area contributed by atoms with Gasteiger partial charge in [0.05, 0.1) is 16.1 Å². The number of ketones is 1. The van der Waals surface area contributed by atoms with Crippen LogP contribution in [-0.4, -0.2) is 30.2 Å². The van der Waals surface area contributed by atoms with Crippen LogP contribution in [0.25, 0.3) is 0 Å². The van der Waals surface area contributed by atoms with Crippen LogP contribution in [0.15, 0.2) is 42.5 Å². The zero-order chi connectivity index (χ0) is 17.9. The van der Waals surface area contributed by atoms with Crippen molar-refractivity contribution in [3.05, 3.63) is 63.1 Å². The van der Waals surface area contributed by atoms with E-state index in [1.165, 1.54) is 0 Å². The standard InChI is InChI=1S/C17H17Cl3N2O2/c1-22(11-7-5-10(18)6-8-11)17(21)15(24)9-14(23)12-3-2-4-13(19)16(12)20/h2-8,15,17,24H,9,21H2,1H3. The predicted octanol–water partition coefficient (Wildman–Crippen LogP) is 4.00. The quantitative estimate of drug-likeness (QED) is 0.581. The Morgan fingerprint density at radius 2 is 1.79 bits per heavy atom. The molecule has 2 aromatic rings. The lowest BCUT2D eigenvalue weighted by molar-refractivity contribution is 0.0836. The van der Waals surface area contributed by atoms with E-state index in [0.29, 0.717) is 10.0 Å². The molecule has 4 nitrogen and oxygen atoms in total. The van der Waals surface area contributed by atoms with Crippen LogP contribution in [0.4, 0.5) is 5.69 Å². The molecular weight excluding hydrogens is 371 g/mol. The highest BCUT2D eigenvalue weighted by atomic mass is 35.5. The van der Waals surface area contributed by atoms with E-state index in [2.05, 4.69) is 0 Å². The molecule has 0 aliphatic carbocycles. The molecule has 2 rings (SSSR count). The Kier molecular flexibility index (Phi) is 6.49. The highest BCUT2D eigenvalue weighted by Gasteiger charge is 2.24. The van der Waals surface area contributed by atoms with Crippen molar-refractivity contribution in [3.63, 3.8) is 0 Å². The van der Waals surface area contributed by atoms with Crippen molar-refractivity contribution in [1.82, 2.24) is 0 Å². The monoisotopic (exact) mass is 386 g/mol. The lowest BCUT2D eigenvalue weighted by atomic mass is 10.0. The van der Waals surface area contributed by atoms with Gasteiger partial charge in [0.1, 0.15) is 6.17 Å². The molecule has 0 spiro atoms. The van der Waals surface area contributed by atoms with Gasteiger partial charge in [0, 0.05) is 29.7 Å². The zero-order valence-electron chi connectivity index (χ0n) is 12.9. The Morgan fingerprint density at radius 3 is 2.42 bits per heavy atom. The largest absolute Gasteiger partial charge is 0.389 e. The summed E-state index contributed by atoms with van der Waals surface area (Å²) in [6.45, 7) is 0. The number of rotatable bonds is 6. The highest BCUT2D eigenvalue weighted by Crippen LogP contribution is 2.27. The summed E-state index contributed by atoms with van der Waals surface area (Å²) in [7, 11) is 1.73. The van der Waals surface area contributed by atoms with E-state index >= 15 is 0 Å². The summed E-state index contributed by atoms with van der Waals surface area (Å²) in [6.07, 6.45) is -2.01. The Labute approximate surface area is 155 Å². The number of carbonyl (C=O) groups excluding carboxylic acids is 1. The van der Waals surface area contributed by atoms with Crippen molar-refractivity contribution in [2.45, 2.75) is 18.7 Å². The maximum absolute atomic E-state index is 12.3. The number of hydrogen-bond acceptors (Lipinski definition) is 4. The summed E-state index contributed by atoms with van der Waals surface area (Å²) in [5, 5.41) is 11.4. The van der Waals surface area contributed by atoms with Crippen molar-refractivity contribution in [2.24, 2.45) is 5.73 Å². The minimum absolute atomic E-state index is 0.168. The van der Waals surface area contributed by atoms with Gasteiger partial charge in [-0.25, -0.2) is 0 Å². The van der Waals surface area contributed by atoms with E-state index < -0.39 is 12.3 Å². The molecule has 128 valence electrons. The van der Waals surface area contributed by atoms with Crippen LogP contribution in [-0.2, 0) is 0 Å². The third-order valence-corrected chi connectivity index (χ3v) is 4.79. The second kappa shape index (κ2) is 8.19. The molecule has 0 bridgehead atoms. The molecule has 3 N–H and O–H groups in total. The first kappa shape index (κ1) is 19.0. The number of halogens is 3. The Balaban J connectivity index is 2.07. The fourth-order valence-corrected chi connectivity index (χ4v) is 2.78. The normalized spacial score (nSPS) is 13.4. The highest BCUT2D eigenvalue weighted by molar-refractivity contribution is 6.43. The number of aliphatic hydroxyl groups is 1. The number of nitrogens with zero attached hydrogens (tertiary/aromatic N) is 1. The molecule has 2 unspecified atom stereocenters. The Morgan fingerprint density at radius 1 is 1.17 bits per heavy atom. The third-order valence-electron chi connectivity index (χ3n) is 3.72. The van der Waals surface area contributed by atoms with Crippen molar-refractivity contribution < 1.29 is 9.90 Å². The molecule has 2 aromatic carbocycles. The van der Waals surface area contributed by atoms with E-state index in [0.717, 1.165) is 5.69 Å². The maximum atomic E-state index is 12.3. The molecule has 0 saturated carbocycles. The average Bonchev–Trinajstić information content (AvgIpc) is 2.56. The predicted molar refractivity (Wildman–Crippen MR) is 99.2 cm³/mol. The van der Waals surface area contributed by atoms with Gasteiger partial charge >= 0.3 is 0 Å². The molecule has 0 aliphatic heterocycles. The summed E-state index contributed by atoms with van der Waals surface area (Å²) in [5.74, 6) is -0.324. The molecular formula is C17H17Cl3N2O2. The van der Waals surface area contributed by atoms with Crippen LogP contribution in [0.2, 0.25) is 15.1 Å². The number of anilines is 1. The van der Waals surface area contributed by atoms with Gasteiger partial charge in [-0.1, -0.05) is 40.9 Å². The summed E-state index contributed by atoms with van der Waals surface area (Å²) >= 11 is 17.8. The zero-order valence-corrected chi connectivity index (χ0v) is 15.2. The van der Waals surface area contributed by atoms with Gasteiger partial charge in [0.25, 0.3) is 0 Å². The number of aliphatic hydroxyl groups excluding tert-OH is 1. The lowest BCUT2D eigenvalue weighted by Gasteiger charge is -2.30. The topological polar surface area (TPSA) is 66.6 Å². The number of carbonyl (C=O) groups is 1. The average molecular weight is 388 g/mol. The van der Waals surface area contributed by atoms with Crippen molar-refractivity contribution in [1.29, 1.82) is 0 Å². The molecule has 0 aromatic heterocycles. The van der Waals surface area contributed by atoms with Gasteiger partial charge in [-0.3, -0.25) is 4.79 Å². The van der Waals surface area contributed by atoms with Crippen LogP contribution in [0.5, 0.6) is 0 Å². The van der Waals surface area contributed by atoms with Crippen molar-refractivity contribution >= 4 is 46.3 Å². The van der Waals surface area contributed by atoms with Crippen LogP contribution >= 0.6 is 34.8 Å². The number of benzene rings is 2. The van der Waals surface area contributed by atoms with Crippen LogP contribution < -0.4 is 10.6 Å². The minimum Gasteiger partial charge on any atom is -0.389 e. The first-order valence-corrected chi connectivity index (χ1v) is 8.34. The lowest BCUT2D eigenvalue weighted by Crippen LogP contribution is -2.49. The molecule has 0 heterocycles. The number of likely N-dealkylation sites (N-methyl/N-ethyl adjacent to an activating group) is 1. The molecule has 0 radical (unpaired) electrons. The van der Waals surface area contributed by atoms with E-state index in [1.807, 2.05) is 0 Å². The van der Waals surface area contributed by atoms with Crippen LogP contribution in [0.3, 0.4) is 0 Å². The smallest absolute Gasteiger partial charge is 0.167 e. The summed E-state index contributed by atoms with van der Waals surface area (Å²) in [4.78, 5) is 14.0. The van der Waals surface area contributed by atoms with Gasteiger partial charge in [-0.05, 0) is 36.4 Å². The minimum atomic E-state index is -1.08. The summed E-state index contributed by atoms with van der Waals surface area (Å²) in [5.41, 5.74) is 7.10. The maximum Gasteiger partial charge on any atom is 0.167 e. The van der Waals surface area contributed by atoms with Crippen molar-refractivity contribution in [2.75, 3.05) is 11.9 Å². The molecule has 0 fully saturated rings. The Bertz CT molecular complexity index is 722. The fraction of sp³-hybridized carbons (Fsp3) is 0.235. The Hall–Kier alpha value is -1.30. The molecule has 2 atom stereocenters.